The van der Waals surface area contributed by atoms with Crippen molar-refractivity contribution in [2.45, 2.75) is 32.4 Å². The highest BCUT2D eigenvalue weighted by atomic mass is 15.3. The third-order valence-corrected chi connectivity index (χ3v) is 3.80. The van der Waals surface area contributed by atoms with E-state index in [0.717, 1.165) is 31.1 Å². The third-order valence-electron chi connectivity index (χ3n) is 3.80. The second kappa shape index (κ2) is 6.35. The first kappa shape index (κ1) is 14.3. The van der Waals surface area contributed by atoms with Gasteiger partial charge in [-0.2, -0.15) is 0 Å². The summed E-state index contributed by atoms with van der Waals surface area (Å²) < 4.78 is 0. The number of pyridine rings is 1. The Balaban J connectivity index is 2.14. The van der Waals surface area contributed by atoms with Gasteiger partial charge in [0.05, 0.1) is 0 Å². The topological polar surface area (TPSA) is 31.4 Å². The highest BCUT2D eigenvalue weighted by Crippen LogP contribution is 2.25. The number of rotatable bonds is 5. The summed E-state index contributed by atoms with van der Waals surface area (Å²) in [5.74, 6) is 1.14. The van der Waals surface area contributed by atoms with Crippen LogP contribution in [0.3, 0.4) is 0 Å². The Morgan fingerprint density at radius 3 is 2.84 bits per heavy atom. The lowest BCUT2D eigenvalue weighted by Crippen LogP contribution is -2.38. The Morgan fingerprint density at radius 1 is 1.42 bits per heavy atom. The van der Waals surface area contributed by atoms with Gasteiger partial charge in [0.1, 0.15) is 5.82 Å². The number of anilines is 1. The normalized spacial score (nSPS) is 19.4. The quantitative estimate of drug-likeness (QED) is 0.874. The zero-order valence-electron chi connectivity index (χ0n) is 12.6. The van der Waals surface area contributed by atoms with Gasteiger partial charge in [-0.25, -0.2) is 4.98 Å². The van der Waals surface area contributed by atoms with E-state index in [9.17, 15) is 0 Å². The average molecular weight is 262 g/mol. The van der Waals surface area contributed by atoms with Crippen LogP contribution in [0, 0.1) is 6.92 Å². The molecule has 0 aromatic carbocycles. The molecule has 0 radical (unpaired) electrons. The van der Waals surface area contributed by atoms with E-state index in [1.165, 1.54) is 18.4 Å². The first-order valence-corrected chi connectivity index (χ1v) is 7.14. The Kier molecular flexibility index (Phi) is 4.77. The minimum Gasteiger partial charge on any atom is -0.352 e. The molecular formula is C15H26N4. The van der Waals surface area contributed by atoms with E-state index < -0.39 is 0 Å². The van der Waals surface area contributed by atoms with Crippen molar-refractivity contribution in [3.05, 3.63) is 23.4 Å². The fourth-order valence-electron chi connectivity index (χ4n) is 2.86. The molecule has 0 aliphatic carbocycles. The lowest BCUT2D eigenvalue weighted by atomic mass is 10.2. The van der Waals surface area contributed by atoms with Gasteiger partial charge in [-0.05, 0) is 52.5 Å². The number of aromatic nitrogens is 1. The molecule has 1 atom stereocenters. The maximum absolute atomic E-state index is 4.80. The van der Waals surface area contributed by atoms with Gasteiger partial charge in [0.25, 0.3) is 0 Å². The van der Waals surface area contributed by atoms with Crippen molar-refractivity contribution in [1.29, 1.82) is 0 Å². The van der Waals surface area contributed by atoms with Crippen LogP contribution >= 0.6 is 0 Å². The van der Waals surface area contributed by atoms with Crippen LogP contribution in [0.1, 0.15) is 24.1 Å². The Morgan fingerprint density at radius 2 is 2.21 bits per heavy atom. The molecular weight excluding hydrogens is 236 g/mol. The number of nitrogens with zero attached hydrogens (tertiary/aromatic N) is 3. The maximum atomic E-state index is 4.80. The van der Waals surface area contributed by atoms with Crippen LogP contribution in [0.2, 0.25) is 0 Å². The predicted molar refractivity (Wildman–Crippen MR) is 80.7 cm³/mol. The van der Waals surface area contributed by atoms with Gasteiger partial charge < -0.3 is 15.1 Å². The SMILES string of the molecule is CNCc1ccc(N2CCCC2CN(C)C)nc1C. The second-order valence-corrected chi connectivity index (χ2v) is 5.70. The number of hydrogen-bond donors (Lipinski definition) is 1. The van der Waals surface area contributed by atoms with Crippen molar-refractivity contribution in [3.63, 3.8) is 0 Å². The van der Waals surface area contributed by atoms with Gasteiger partial charge in [-0.15, -0.1) is 0 Å². The summed E-state index contributed by atoms with van der Waals surface area (Å²) in [6.45, 7) is 5.24. The van der Waals surface area contributed by atoms with E-state index >= 15 is 0 Å². The molecule has 0 saturated carbocycles. The van der Waals surface area contributed by atoms with E-state index in [4.69, 9.17) is 4.98 Å². The molecule has 19 heavy (non-hydrogen) atoms. The zero-order valence-corrected chi connectivity index (χ0v) is 12.6. The fourth-order valence-corrected chi connectivity index (χ4v) is 2.86. The van der Waals surface area contributed by atoms with Crippen LogP contribution in [0.25, 0.3) is 0 Å². The summed E-state index contributed by atoms with van der Waals surface area (Å²) in [5, 5.41) is 3.19. The van der Waals surface area contributed by atoms with Crippen LogP contribution in [0.5, 0.6) is 0 Å². The smallest absolute Gasteiger partial charge is 0.129 e. The first-order chi connectivity index (χ1) is 9.11. The summed E-state index contributed by atoms with van der Waals surface area (Å²) in [4.78, 5) is 9.54. The third kappa shape index (κ3) is 3.45. The standard InChI is InChI=1S/C15H26N4/c1-12-13(10-16-2)7-8-15(17-12)19-9-5-6-14(19)11-18(3)4/h7-8,14,16H,5-6,9-11H2,1-4H3. The van der Waals surface area contributed by atoms with Crippen LogP contribution in [0.15, 0.2) is 12.1 Å². The molecule has 4 heteroatoms. The molecule has 1 N–H and O–H groups in total. The zero-order chi connectivity index (χ0) is 13.8. The van der Waals surface area contributed by atoms with Crippen molar-refractivity contribution < 1.29 is 0 Å². The lowest BCUT2D eigenvalue weighted by Gasteiger charge is -2.28. The van der Waals surface area contributed by atoms with Crippen LogP contribution in [-0.4, -0.2) is 50.2 Å². The summed E-state index contributed by atoms with van der Waals surface area (Å²) in [7, 11) is 6.26. The van der Waals surface area contributed by atoms with Crippen LogP contribution < -0.4 is 10.2 Å². The van der Waals surface area contributed by atoms with Gasteiger partial charge in [-0.3, -0.25) is 0 Å². The molecule has 1 aliphatic heterocycles. The summed E-state index contributed by atoms with van der Waals surface area (Å²) in [6.07, 6.45) is 2.55. The molecule has 0 spiro atoms. The predicted octanol–water partition coefficient (Wildman–Crippen LogP) is 1.64. The second-order valence-electron chi connectivity index (χ2n) is 5.70. The molecule has 0 amide bonds. The van der Waals surface area contributed by atoms with Gasteiger partial charge in [-0.1, -0.05) is 6.07 Å². The van der Waals surface area contributed by atoms with Crippen molar-refractivity contribution in [1.82, 2.24) is 15.2 Å². The summed E-state index contributed by atoms with van der Waals surface area (Å²) in [5.41, 5.74) is 2.43. The Hall–Kier alpha value is -1.13. The number of aryl methyl sites for hydroxylation is 1. The minimum atomic E-state index is 0.608. The molecule has 106 valence electrons. The van der Waals surface area contributed by atoms with Crippen molar-refractivity contribution >= 4 is 5.82 Å². The average Bonchev–Trinajstić information content (AvgIpc) is 2.79. The van der Waals surface area contributed by atoms with Crippen molar-refractivity contribution in [2.24, 2.45) is 0 Å². The monoisotopic (exact) mass is 262 g/mol. The van der Waals surface area contributed by atoms with E-state index in [1.807, 2.05) is 7.05 Å². The first-order valence-electron chi connectivity index (χ1n) is 7.14. The number of hydrogen-bond acceptors (Lipinski definition) is 4. The van der Waals surface area contributed by atoms with E-state index in [2.05, 4.69) is 48.3 Å². The van der Waals surface area contributed by atoms with Gasteiger partial charge in [0, 0.05) is 31.4 Å². The summed E-state index contributed by atoms with van der Waals surface area (Å²) >= 11 is 0. The molecule has 2 rings (SSSR count). The molecule has 2 heterocycles. The van der Waals surface area contributed by atoms with Crippen molar-refractivity contribution in [3.8, 4) is 0 Å². The molecule has 1 aromatic heterocycles. The molecule has 1 unspecified atom stereocenters. The molecule has 1 aliphatic rings. The molecule has 0 bridgehead atoms. The van der Waals surface area contributed by atoms with E-state index in [1.54, 1.807) is 0 Å². The maximum Gasteiger partial charge on any atom is 0.129 e. The largest absolute Gasteiger partial charge is 0.352 e. The number of likely N-dealkylation sites (N-methyl/N-ethyl adjacent to an activating group) is 1. The van der Waals surface area contributed by atoms with Gasteiger partial charge in [0.15, 0.2) is 0 Å². The Bertz CT molecular complexity index is 417. The molecule has 1 fully saturated rings. The minimum absolute atomic E-state index is 0.608. The van der Waals surface area contributed by atoms with Gasteiger partial charge >= 0.3 is 0 Å². The van der Waals surface area contributed by atoms with Crippen LogP contribution in [0.4, 0.5) is 5.82 Å². The van der Waals surface area contributed by atoms with Crippen molar-refractivity contribution in [2.75, 3.05) is 39.1 Å². The number of nitrogens with one attached hydrogen (secondary N) is 1. The highest BCUT2D eigenvalue weighted by molar-refractivity contribution is 5.44. The summed E-state index contributed by atoms with van der Waals surface area (Å²) in [6, 6.07) is 4.99. The molecule has 4 nitrogen and oxygen atoms in total. The van der Waals surface area contributed by atoms with E-state index in [-0.39, 0.29) is 0 Å². The highest BCUT2D eigenvalue weighted by Gasteiger charge is 2.26. The van der Waals surface area contributed by atoms with Gasteiger partial charge in [0.2, 0.25) is 0 Å². The Labute approximate surface area is 116 Å². The lowest BCUT2D eigenvalue weighted by molar-refractivity contribution is 0.371. The molecule has 1 aromatic rings. The fraction of sp³-hybridized carbons (Fsp3) is 0.667. The molecule has 1 saturated heterocycles. The van der Waals surface area contributed by atoms with E-state index in [0.29, 0.717) is 6.04 Å². The van der Waals surface area contributed by atoms with Crippen LogP contribution in [-0.2, 0) is 6.54 Å².